The Morgan fingerprint density at radius 2 is 1.61 bits per heavy atom. The Morgan fingerprint density at radius 1 is 1.06 bits per heavy atom. The summed E-state index contributed by atoms with van der Waals surface area (Å²) in [5.74, 6) is -0.241. The number of hydrogen-bond acceptors (Lipinski definition) is 7. The molecule has 2 unspecified atom stereocenters. The largest absolute Gasteiger partial charge is 0.513 e. The summed E-state index contributed by atoms with van der Waals surface area (Å²) in [6, 6.07) is 12.4. The van der Waals surface area contributed by atoms with Gasteiger partial charge in [0.2, 0.25) is 0 Å². The molecule has 0 aliphatic carbocycles. The van der Waals surface area contributed by atoms with E-state index in [1.807, 2.05) is 20.8 Å². The molecule has 0 bridgehead atoms. The van der Waals surface area contributed by atoms with Crippen LogP contribution < -0.4 is 14.1 Å². The third-order valence-corrected chi connectivity index (χ3v) is 5.43. The summed E-state index contributed by atoms with van der Waals surface area (Å²) in [4.78, 5) is 22.8. The van der Waals surface area contributed by atoms with Gasteiger partial charge in [-0.15, -0.1) is 0 Å². The van der Waals surface area contributed by atoms with Gasteiger partial charge in [-0.05, 0) is 36.1 Å². The number of hydrogen-bond donors (Lipinski definition) is 1. The maximum atomic E-state index is 13.5. The standard InChI is InChI=1S/C21H27N2O7P/c1-5-19(20(24)28-15-21(2,3)4)22-31(27,29-17-9-7-6-8-10-17)30-18-13-11-16(12-14-18)23(25)26/h6-14,19H,5,15H2,1-4H3,(H,22,27). The summed E-state index contributed by atoms with van der Waals surface area (Å²) in [5, 5.41) is 13.5. The van der Waals surface area contributed by atoms with Crippen molar-refractivity contribution >= 4 is 19.4 Å². The lowest BCUT2D eigenvalue weighted by molar-refractivity contribution is -0.384. The third kappa shape index (κ3) is 8.03. The van der Waals surface area contributed by atoms with Crippen molar-refractivity contribution < 1.29 is 28.1 Å². The highest BCUT2D eigenvalue weighted by Crippen LogP contribution is 2.45. The van der Waals surface area contributed by atoms with Crippen LogP contribution in [0.2, 0.25) is 0 Å². The number of benzene rings is 2. The molecular weight excluding hydrogens is 423 g/mol. The number of rotatable bonds is 10. The number of nitro benzene ring substituents is 1. The molecule has 0 aliphatic rings. The first-order valence-corrected chi connectivity index (χ1v) is 11.3. The highest BCUT2D eigenvalue weighted by atomic mass is 31.2. The monoisotopic (exact) mass is 450 g/mol. The van der Waals surface area contributed by atoms with Gasteiger partial charge in [0.25, 0.3) is 5.69 Å². The van der Waals surface area contributed by atoms with Gasteiger partial charge in [0, 0.05) is 12.1 Å². The van der Waals surface area contributed by atoms with Crippen molar-refractivity contribution in [1.29, 1.82) is 0 Å². The van der Waals surface area contributed by atoms with E-state index in [1.165, 1.54) is 24.3 Å². The lowest BCUT2D eigenvalue weighted by Crippen LogP contribution is -2.38. The van der Waals surface area contributed by atoms with Gasteiger partial charge in [-0.2, -0.15) is 5.09 Å². The Hall–Kier alpha value is -2.90. The highest BCUT2D eigenvalue weighted by molar-refractivity contribution is 7.52. The van der Waals surface area contributed by atoms with Crippen LogP contribution in [0.25, 0.3) is 0 Å². The fourth-order valence-electron chi connectivity index (χ4n) is 2.35. The van der Waals surface area contributed by atoms with Gasteiger partial charge in [0.15, 0.2) is 0 Å². The lowest BCUT2D eigenvalue weighted by atomic mass is 9.99. The molecule has 0 amide bonds. The smallest absolute Gasteiger partial charge is 0.464 e. The zero-order valence-corrected chi connectivity index (χ0v) is 18.8. The van der Waals surface area contributed by atoms with E-state index in [1.54, 1.807) is 37.3 Å². The Labute approximate surface area is 181 Å². The van der Waals surface area contributed by atoms with Crippen molar-refractivity contribution in [1.82, 2.24) is 5.09 Å². The Balaban J connectivity index is 2.24. The second-order valence-electron chi connectivity index (χ2n) is 8.00. The van der Waals surface area contributed by atoms with Gasteiger partial charge in [-0.25, -0.2) is 4.57 Å². The van der Waals surface area contributed by atoms with Crippen LogP contribution in [0.15, 0.2) is 54.6 Å². The van der Waals surface area contributed by atoms with Crippen molar-refractivity contribution in [3.8, 4) is 11.5 Å². The predicted octanol–water partition coefficient (Wildman–Crippen LogP) is 5.12. The van der Waals surface area contributed by atoms with E-state index in [2.05, 4.69) is 5.09 Å². The highest BCUT2D eigenvalue weighted by Gasteiger charge is 2.35. The minimum Gasteiger partial charge on any atom is -0.464 e. The normalized spacial score (nSPS) is 14.2. The molecule has 168 valence electrons. The number of non-ortho nitro benzene ring substituents is 1. The van der Waals surface area contributed by atoms with Crippen molar-refractivity contribution in [3.05, 3.63) is 64.7 Å². The first-order valence-electron chi connectivity index (χ1n) is 9.74. The van der Waals surface area contributed by atoms with Crippen LogP contribution in [0, 0.1) is 15.5 Å². The number of nitrogens with zero attached hydrogens (tertiary/aromatic N) is 1. The van der Waals surface area contributed by atoms with E-state index in [9.17, 15) is 19.5 Å². The molecule has 0 saturated heterocycles. The Kier molecular flexibility index (Phi) is 8.19. The number of ether oxygens (including phenoxy) is 1. The Bertz CT molecular complexity index is 927. The van der Waals surface area contributed by atoms with Crippen LogP contribution in [0.5, 0.6) is 11.5 Å². The average molecular weight is 450 g/mol. The first kappa shape index (κ1) is 24.4. The summed E-state index contributed by atoms with van der Waals surface area (Å²) < 4.78 is 30.0. The molecule has 2 rings (SSSR count). The van der Waals surface area contributed by atoms with Crippen LogP contribution in [0.4, 0.5) is 5.69 Å². The first-order chi connectivity index (χ1) is 14.5. The summed E-state index contributed by atoms with van der Waals surface area (Å²) in [5.41, 5.74) is -0.371. The molecule has 2 atom stereocenters. The number of nitrogens with one attached hydrogen (secondary N) is 1. The molecule has 0 radical (unpaired) electrons. The van der Waals surface area contributed by atoms with Crippen LogP contribution >= 0.6 is 7.75 Å². The molecule has 0 aromatic heterocycles. The van der Waals surface area contributed by atoms with Crippen LogP contribution in [0.3, 0.4) is 0 Å². The van der Waals surface area contributed by atoms with E-state index < -0.39 is 24.7 Å². The van der Waals surface area contributed by atoms with E-state index in [-0.39, 0.29) is 35.6 Å². The maximum Gasteiger partial charge on any atom is 0.513 e. The molecule has 9 nitrogen and oxygen atoms in total. The summed E-state index contributed by atoms with van der Waals surface area (Å²) in [6.45, 7) is 7.70. The van der Waals surface area contributed by atoms with Crippen molar-refractivity contribution in [2.24, 2.45) is 5.41 Å². The molecule has 1 N–H and O–H groups in total. The van der Waals surface area contributed by atoms with E-state index in [0.29, 0.717) is 0 Å². The number of carbonyl (C=O) groups excluding carboxylic acids is 1. The lowest BCUT2D eigenvalue weighted by Gasteiger charge is -2.25. The molecule has 0 aliphatic heterocycles. The number of carbonyl (C=O) groups is 1. The van der Waals surface area contributed by atoms with Crippen molar-refractivity contribution in [2.75, 3.05) is 6.61 Å². The van der Waals surface area contributed by atoms with Crippen LogP contribution in [-0.4, -0.2) is 23.5 Å². The molecule has 0 spiro atoms. The SMILES string of the molecule is CCC(NP(=O)(Oc1ccccc1)Oc1ccc([N+](=O)[O-])cc1)C(=O)OCC(C)(C)C. The molecule has 2 aromatic rings. The third-order valence-electron chi connectivity index (χ3n) is 3.90. The quantitative estimate of drug-likeness (QED) is 0.229. The topological polar surface area (TPSA) is 117 Å². The number of para-hydroxylation sites is 1. The Morgan fingerprint density at radius 3 is 2.10 bits per heavy atom. The van der Waals surface area contributed by atoms with Crippen LogP contribution in [-0.2, 0) is 14.1 Å². The van der Waals surface area contributed by atoms with Crippen molar-refractivity contribution in [3.63, 3.8) is 0 Å². The molecule has 10 heteroatoms. The van der Waals surface area contributed by atoms with Gasteiger partial charge in [0.1, 0.15) is 17.5 Å². The summed E-state index contributed by atoms with van der Waals surface area (Å²) in [6.07, 6.45) is 0.273. The molecule has 31 heavy (non-hydrogen) atoms. The zero-order valence-electron chi connectivity index (χ0n) is 17.9. The van der Waals surface area contributed by atoms with Gasteiger partial charge in [0.05, 0.1) is 11.5 Å². The summed E-state index contributed by atoms with van der Waals surface area (Å²) >= 11 is 0. The number of nitro groups is 1. The summed E-state index contributed by atoms with van der Waals surface area (Å²) in [7, 11) is -4.11. The molecular formula is C21H27N2O7P. The predicted molar refractivity (Wildman–Crippen MR) is 116 cm³/mol. The molecule has 0 fully saturated rings. The second-order valence-corrected chi connectivity index (χ2v) is 9.62. The van der Waals surface area contributed by atoms with E-state index in [4.69, 9.17) is 13.8 Å². The van der Waals surface area contributed by atoms with Gasteiger partial charge >= 0.3 is 13.7 Å². The second kappa shape index (κ2) is 10.4. The van der Waals surface area contributed by atoms with Gasteiger partial charge < -0.3 is 13.8 Å². The van der Waals surface area contributed by atoms with E-state index in [0.717, 1.165) is 0 Å². The fourth-order valence-corrected chi connectivity index (χ4v) is 3.96. The maximum absolute atomic E-state index is 13.5. The minimum absolute atomic E-state index is 0.0790. The van der Waals surface area contributed by atoms with Gasteiger partial charge in [-0.1, -0.05) is 45.9 Å². The zero-order chi connectivity index (χ0) is 23.1. The molecule has 2 aromatic carbocycles. The fraction of sp³-hybridized carbons (Fsp3) is 0.381. The average Bonchev–Trinajstić information content (AvgIpc) is 2.71. The molecule has 0 saturated carbocycles. The molecule has 0 heterocycles. The van der Waals surface area contributed by atoms with Crippen LogP contribution in [0.1, 0.15) is 34.1 Å². The minimum atomic E-state index is -4.11. The van der Waals surface area contributed by atoms with E-state index >= 15 is 0 Å². The number of esters is 1. The van der Waals surface area contributed by atoms with Crippen molar-refractivity contribution in [2.45, 2.75) is 40.2 Å². The van der Waals surface area contributed by atoms with Gasteiger partial charge in [-0.3, -0.25) is 14.9 Å².